The van der Waals surface area contributed by atoms with E-state index in [1.54, 1.807) is 7.05 Å². The molecule has 0 spiro atoms. The van der Waals surface area contributed by atoms with Crippen LogP contribution in [0.25, 0.3) is 0 Å². The first-order chi connectivity index (χ1) is 7.65. The van der Waals surface area contributed by atoms with Gasteiger partial charge in [-0.3, -0.25) is 4.79 Å². The Balaban J connectivity index is 2.59. The second-order valence-corrected chi connectivity index (χ2v) is 3.95. The molecule has 16 heavy (non-hydrogen) atoms. The molecular weight excluding hydrogens is 321 g/mol. The second kappa shape index (κ2) is 6.70. The van der Waals surface area contributed by atoms with Crippen molar-refractivity contribution in [1.29, 1.82) is 0 Å². The molecule has 0 aliphatic carbocycles. The summed E-state index contributed by atoms with van der Waals surface area (Å²) < 4.78 is 5.03. The summed E-state index contributed by atoms with van der Waals surface area (Å²) in [5.74, 6) is 0.00941. The lowest BCUT2D eigenvalue weighted by molar-refractivity contribution is -0.137. The van der Waals surface area contributed by atoms with Gasteiger partial charge in [0.25, 0.3) is 0 Å². The molecule has 88 valence electrons. The third-order valence-corrected chi connectivity index (χ3v) is 2.83. The Hall–Kier alpha value is -0.820. The van der Waals surface area contributed by atoms with Crippen molar-refractivity contribution in [2.75, 3.05) is 7.05 Å². The Labute approximate surface area is 109 Å². The predicted octanol–water partition coefficient (Wildman–Crippen LogP) is 2.02. The van der Waals surface area contributed by atoms with Gasteiger partial charge in [-0.05, 0) is 31.2 Å². The van der Waals surface area contributed by atoms with Crippen LogP contribution in [0.3, 0.4) is 0 Å². The number of benzene rings is 1. The maximum absolute atomic E-state index is 10.6. The normalized spacial score (nSPS) is 12.1. The molecule has 4 nitrogen and oxygen atoms in total. The topological polar surface area (TPSA) is 58.6 Å². The van der Waals surface area contributed by atoms with Crippen molar-refractivity contribution in [3.63, 3.8) is 0 Å². The molecule has 0 amide bonds. The van der Waals surface area contributed by atoms with E-state index >= 15 is 0 Å². The Bertz CT molecular complexity index is 340. The van der Waals surface area contributed by atoms with Crippen LogP contribution in [0, 0.1) is 0 Å². The molecule has 1 rings (SSSR count). The summed E-state index contributed by atoms with van der Waals surface area (Å²) in [6, 6.07) is 7.59. The van der Waals surface area contributed by atoms with Gasteiger partial charge >= 0.3 is 5.97 Å². The van der Waals surface area contributed by atoms with Crippen LogP contribution in [-0.2, 0) is 11.2 Å². The van der Waals surface area contributed by atoms with Gasteiger partial charge in [-0.1, -0.05) is 12.1 Å². The monoisotopic (exact) mass is 335 g/mol. The quantitative estimate of drug-likeness (QED) is 0.781. The third-order valence-electron chi connectivity index (χ3n) is 2.32. The van der Waals surface area contributed by atoms with Crippen molar-refractivity contribution < 1.29 is 13.0 Å². The molecule has 1 aromatic rings. The van der Waals surface area contributed by atoms with Crippen LogP contribution in [0.2, 0.25) is 0 Å². The molecule has 0 bridgehead atoms. The molecule has 0 aliphatic heterocycles. The van der Waals surface area contributed by atoms with Crippen LogP contribution in [0.4, 0.5) is 0 Å². The Morgan fingerprint density at radius 3 is 2.56 bits per heavy atom. The van der Waals surface area contributed by atoms with E-state index in [0.29, 0.717) is 6.42 Å². The highest BCUT2D eigenvalue weighted by atomic mass is 127. The van der Waals surface area contributed by atoms with Gasteiger partial charge in [0.2, 0.25) is 0 Å². The number of aliphatic carboxylic acids is 1. The molecule has 0 aliphatic rings. The minimum absolute atomic E-state index is 0.0381. The largest absolute Gasteiger partial charge is 0.481 e. The Morgan fingerprint density at radius 2 is 2.12 bits per heavy atom. The molecule has 0 saturated heterocycles. The molecule has 2 N–H and O–H groups in total. The van der Waals surface area contributed by atoms with Crippen LogP contribution < -0.4 is 8.38 Å². The zero-order valence-corrected chi connectivity index (χ0v) is 11.1. The lowest BCUT2D eigenvalue weighted by Gasteiger charge is -2.13. The first kappa shape index (κ1) is 13.2. The fourth-order valence-corrected chi connectivity index (χ4v) is 1.74. The number of carboxylic acid groups (broad SMARTS) is 1. The maximum atomic E-state index is 10.6. The second-order valence-electron chi connectivity index (χ2n) is 3.51. The molecule has 1 aromatic carbocycles. The van der Waals surface area contributed by atoms with E-state index < -0.39 is 5.97 Å². The summed E-state index contributed by atoms with van der Waals surface area (Å²) in [6.07, 6.45) is 0.825. The van der Waals surface area contributed by atoms with Crippen molar-refractivity contribution in [3.8, 4) is 5.75 Å². The zero-order valence-electron chi connectivity index (χ0n) is 8.94. The van der Waals surface area contributed by atoms with Crippen molar-refractivity contribution in [1.82, 2.24) is 5.32 Å². The average Bonchev–Trinajstić information content (AvgIpc) is 2.28. The van der Waals surface area contributed by atoms with E-state index in [9.17, 15) is 4.79 Å². The number of nitrogens with one attached hydrogen (secondary N) is 1. The molecular formula is C11H14INO3. The number of carbonyl (C=O) groups is 1. The Kier molecular flexibility index (Phi) is 5.54. The highest BCUT2D eigenvalue weighted by molar-refractivity contribution is 14.1. The van der Waals surface area contributed by atoms with E-state index in [-0.39, 0.29) is 12.5 Å². The number of hydrogen-bond acceptors (Lipinski definition) is 3. The van der Waals surface area contributed by atoms with Crippen molar-refractivity contribution in [2.45, 2.75) is 18.9 Å². The van der Waals surface area contributed by atoms with Crippen molar-refractivity contribution >= 4 is 29.0 Å². The molecule has 0 unspecified atom stereocenters. The predicted molar refractivity (Wildman–Crippen MR) is 69.9 cm³/mol. The number of rotatable bonds is 6. The minimum Gasteiger partial charge on any atom is -0.481 e. The standard InChI is InChI=1S/C11H14INO3/c1-13-9(7-11(14)15)6-8-2-4-10(16-12)5-3-8/h2-5,9,13H,6-7H2,1H3,(H,14,15)/t9-/m0/s1. The molecule has 1 atom stereocenters. The number of hydrogen-bond donors (Lipinski definition) is 2. The van der Waals surface area contributed by atoms with Crippen molar-refractivity contribution in [2.24, 2.45) is 0 Å². The van der Waals surface area contributed by atoms with E-state index in [1.807, 2.05) is 47.3 Å². The van der Waals surface area contributed by atoms with E-state index in [4.69, 9.17) is 8.17 Å². The van der Waals surface area contributed by atoms with Crippen LogP contribution in [0.15, 0.2) is 24.3 Å². The fourth-order valence-electron chi connectivity index (χ4n) is 1.45. The van der Waals surface area contributed by atoms with Gasteiger partial charge in [0.15, 0.2) is 23.0 Å². The van der Waals surface area contributed by atoms with Gasteiger partial charge in [0.1, 0.15) is 5.75 Å². The maximum Gasteiger partial charge on any atom is 0.304 e. The molecule has 5 heteroatoms. The zero-order chi connectivity index (χ0) is 12.0. The summed E-state index contributed by atoms with van der Waals surface area (Å²) in [5.41, 5.74) is 1.10. The Morgan fingerprint density at radius 1 is 1.50 bits per heavy atom. The number of likely N-dealkylation sites (N-methyl/N-ethyl adjacent to an activating group) is 1. The SMILES string of the molecule is CN[C@H](CC(=O)O)Cc1ccc(OI)cc1. The summed E-state index contributed by atoms with van der Waals surface area (Å²) in [6.45, 7) is 0. The van der Waals surface area contributed by atoms with Crippen LogP contribution in [0.5, 0.6) is 5.75 Å². The van der Waals surface area contributed by atoms with Gasteiger partial charge < -0.3 is 13.5 Å². The first-order valence-electron chi connectivity index (χ1n) is 4.92. The number of carboxylic acids is 1. The average molecular weight is 335 g/mol. The van der Waals surface area contributed by atoms with Crippen molar-refractivity contribution in [3.05, 3.63) is 29.8 Å². The van der Waals surface area contributed by atoms with Gasteiger partial charge in [-0.2, -0.15) is 0 Å². The molecule has 0 radical (unpaired) electrons. The van der Waals surface area contributed by atoms with Crippen LogP contribution in [0.1, 0.15) is 12.0 Å². The smallest absolute Gasteiger partial charge is 0.304 e. The van der Waals surface area contributed by atoms with Gasteiger partial charge in [0, 0.05) is 6.04 Å². The highest BCUT2D eigenvalue weighted by Crippen LogP contribution is 2.15. The highest BCUT2D eigenvalue weighted by Gasteiger charge is 2.11. The first-order valence-corrected chi connectivity index (χ1v) is 5.80. The summed E-state index contributed by atoms with van der Waals surface area (Å²) in [7, 11) is 1.77. The fraction of sp³-hybridized carbons (Fsp3) is 0.364. The molecule has 0 heterocycles. The summed E-state index contributed by atoms with van der Waals surface area (Å²) in [4.78, 5) is 10.6. The van der Waals surface area contributed by atoms with Crippen LogP contribution in [-0.4, -0.2) is 24.2 Å². The van der Waals surface area contributed by atoms with E-state index in [2.05, 4.69) is 5.32 Å². The minimum atomic E-state index is -0.786. The lowest BCUT2D eigenvalue weighted by Crippen LogP contribution is -2.30. The van der Waals surface area contributed by atoms with Gasteiger partial charge in [-0.15, -0.1) is 0 Å². The van der Waals surface area contributed by atoms with Gasteiger partial charge in [-0.25, -0.2) is 0 Å². The lowest BCUT2D eigenvalue weighted by atomic mass is 10.0. The molecule has 0 saturated carbocycles. The third kappa shape index (κ3) is 4.36. The summed E-state index contributed by atoms with van der Waals surface area (Å²) in [5, 5.41) is 11.7. The van der Waals surface area contributed by atoms with E-state index in [0.717, 1.165) is 11.3 Å². The summed E-state index contributed by atoms with van der Waals surface area (Å²) >= 11 is 1.82. The van der Waals surface area contributed by atoms with Crippen LogP contribution >= 0.6 is 23.0 Å². The van der Waals surface area contributed by atoms with Gasteiger partial charge in [0.05, 0.1) is 6.42 Å². The molecule has 0 fully saturated rings. The number of halogens is 1. The van der Waals surface area contributed by atoms with E-state index in [1.165, 1.54) is 0 Å². The molecule has 0 aromatic heterocycles.